The number of amides is 1. The molecule has 1 aliphatic heterocycles. The summed E-state index contributed by atoms with van der Waals surface area (Å²) in [6.45, 7) is 7.50. The standard InChI is InChI=1S/C17H27N3O4/c1-16(2)23-11-17(3,12-24-16)15(21)19-13-6-7-14(18-10-13)22-9-8-20(4)5/h6-7,10H,8-9,11-12H2,1-5H3,(H,19,21). The van der Waals surface area contributed by atoms with Crippen molar-refractivity contribution in [2.75, 3.05) is 45.8 Å². The minimum Gasteiger partial charge on any atom is -0.476 e. The second-order valence-electron chi connectivity index (χ2n) is 7.03. The zero-order valence-corrected chi connectivity index (χ0v) is 15.1. The number of nitrogens with zero attached hydrogens (tertiary/aromatic N) is 2. The SMILES string of the molecule is CN(C)CCOc1ccc(NC(=O)C2(C)COC(C)(C)OC2)cn1. The van der Waals surface area contributed by atoms with Crippen LogP contribution in [0.1, 0.15) is 20.8 Å². The van der Waals surface area contributed by atoms with Crippen LogP contribution in [0.15, 0.2) is 18.3 Å². The molecule has 1 saturated heterocycles. The van der Waals surface area contributed by atoms with Crippen LogP contribution < -0.4 is 10.1 Å². The Hall–Kier alpha value is -1.70. The van der Waals surface area contributed by atoms with Crippen LogP contribution in [0.2, 0.25) is 0 Å². The van der Waals surface area contributed by atoms with Gasteiger partial charge in [0.15, 0.2) is 5.79 Å². The lowest BCUT2D eigenvalue weighted by Crippen LogP contribution is -2.50. The van der Waals surface area contributed by atoms with Crippen LogP contribution >= 0.6 is 0 Å². The fourth-order valence-electron chi connectivity index (χ4n) is 2.03. The molecule has 1 aromatic rings. The second kappa shape index (κ2) is 7.46. The first-order valence-electron chi connectivity index (χ1n) is 8.03. The fraction of sp³-hybridized carbons (Fsp3) is 0.647. The first kappa shape index (κ1) is 18.6. The van der Waals surface area contributed by atoms with E-state index in [1.54, 1.807) is 18.3 Å². The summed E-state index contributed by atoms with van der Waals surface area (Å²) in [4.78, 5) is 18.7. The van der Waals surface area contributed by atoms with Gasteiger partial charge in [0.1, 0.15) is 6.61 Å². The number of rotatable bonds is 6. The Morgan fingerprint density at radius 3 is 2.50 bits per heavy atom. The second-order valence-corrected chi connectivity index (χ2v) is 7.03. The van der Waals surface area contributed by atoms with Crippen molar-refractivity contribution in [3.63, 3.8) is 0 Å². The van der Waals surface area contributed by atoms with Gasteiger partial charge in [-0.3, -0.25) is 4.79 Å². The van der Waals surface area contributed by atoms with Gasteiger partial charge in [-0.05, 0) is 40.9 Å². The molecule has 0 bridgehead atoms. The lowest BCUT2D eigenvalue weighted by atomic mass is 9.90. The van der Waals surface area contributed by atoms with Crippen molar-refractivity contribution in [1.29, 1.82) is 0 Å². The zero-order chi connectivity index (χ0) is 17.8. The monoisotopic (exact) mass is 337 g/mol. The molecule has 24 heavy (non-hydrogen) atoms. The Bertz CT molecular complexity index is 547. The molecule has 1 amide bonds. The molecular weight excluding hydrogens is 310 g/mol. The maximum absolute atomic E-state index is 12.5. The van der Waals surface area contributed by atoms with Gasteiger partial charge in [0.25, 0.3) is 0 Å². The number of carbonyl (C=O) groups excluding carboxylic acids is 1. The van der Waals surface area contributed by atoms with Gasteiger partial charge in [-0.15, -0.1) is 0 Å². The van der Waals surface area contributed by atoms with Gasteiger partial charge in [-0.2, -0.15) is 0 Å². The molecule has 2 rings (SSSR count). The van der Waals surface area contributed by atoms with Crippen LogP contribution in [0, 0.1) is 5.41 Å². The Morgan fingerprint density at radius 1 is 1.29 bits per heavy atom. The van der Waals surface area contributed by atoms with Gasteiger partial charge >= 0.3 is 0 Å². The minimum absolute atomic E-state index is 0.152. The van der Waals surface area contributed by atoms with Gasteiger partial charge in [-0.25, -0.2) is 4.98 Å². The van der Waals surface area contributed by atoms with Gasteiger partial charge < -0.3 is 24.4 Å². The summed E-state index contributed by atoms with van der Waals surface area (Å²) in [5, 5.41) is 2.86. The van der Waals surface area contributed by atoms with E-state index in [1.165, 1.54) is 0 Å². The molecule has 1 aromatic heterocycles. The van der Waals surface area contributed by atoms with Crippen molar-refractivity contribution in [3.05, 3.63) is 18.3 Å². The van der Waals surface area contributed by atoms with Crippen LogP contribution in [0.5, 0.6) is 5.88 Å². The summed E-state index contributed by atoms with van der Waals surface area (Å²) in [6, 6.07) is 3.51. The van der Waals surface area contributed by atoms with Crippen LogP contribution in [-0.2, 0) is 14.3 Å². The third-order valence-electron chi connectivity index (χ3n) is 3.81. The van der Waals surface area contributed by atoms with E-state index in [-0.39, 0.29) is 5.91 Å². The van der Waals surface area contributed by atoms with Gasteiger partial charge in [0.2, 0.25) is 11.8 Å². The van der Waals surface area contributed by atoms with E-state index in [0.29, 0.717) is 31.4 Å². The average Bonchev–Trinajstić information content (AvgIpc) is 2.52. The van der Waals surface area contributed by atoms with E-state index in [4.69, 9.17) is 14.2 Å². The quantitative estimate of drug-likeness (QED) is 0.853. The first-order chi connectivity index (χ1) is 11.2. The molecule has 0 aliphatic carbocycles. The van der Waals surface area contributed by atoms with Gasteiger partial charge in [-0.1, -0.05) is 0 Å². The number of aromatic nitrogens is 1. The van der Waals surface area contributed by atoms with E-state index in [1.807, 2.05) is 39.8 Å². The maximum atomic E-state index is 12.5. The molecule has 7 nitrogen and oxygen atoms in total. The van der Waals surface area contributed by atoms with Gasteiger partial charge in [0, 0.05) is 12.6 Å². The Labute approximate surface area is 143 Å². The largest absolute Gasteiger partial charge is 0.476 e. The average molecular weight is 337 g/mol. The highest BCUT2D eigenvalue weighted by molar-refractivity contribution is 5.95. The highest BCUT2D eigenvalue weighted by Crippen LogP contribution is 2.30. The number of nitrogens with one attached hydrogen (secondary N) is 1. The zero-order valence-electron chi connectivity index (χ0n) is 15.1. The van der Waals surface area contributed by atoms with E-state index in [2.05, 4.69) is 10.3 Å². The molecule has 0 atom stereocenters. The summed E-state index contributed by atoms with van der Waals surface area (Å²) in [5.41, 5.74) is -0.109. The maximum Gasteiger partial charge on any atom is 0.235 e. The van der Waals surface area contributed by atoms with Crippen molar-refractivity contribution in [2.24, 2.45) is 5.41 Å². The van der Waals surface area contributed by atoms with Crippen LogP contribution in [0.25, 0.3) is 0 Å². The number of hydrogen-bond donors (Lipinski definition) is 1. The summed E-state index contributed by atoms with van der Waals surface area (Å²) >= 11 is 0. The predicted molar refractivity (Wildman–Crippen MR) is 91.0 cm³/mol. The van der Waals surface area contributed by atoms with Crippen LogP contribution in [0.4, 0.5) is 5.69 Å². The van der Waals surface area contributed by atoms with Gasteiger partial charge in [0.05, 0.1) is 30.5 Å². The van der Waals surface area contributed by atoms with Crippen molar-refractivity contribution >= 4 is 11.6 Å². The molecular formula is C17H27N3O4. The summed E-state index contributed by atoms with van der Waals surface area (Å²) in [7, 11) is 3.96. The van der Waals surface area contributed by atoms with Crippen LogP contribution in [-0.4, -0.2) is 62.0 Å². The summed E-state index contributed by atoms with van der Waals surface area (Å²) < 4.78 is 16.7. The molecule has 0 spiro atoms. The molecule has 7 heteroatoms. The minimum atomic E-state index is -0.726. The number of carbonyl (C=O) groups is 1. The molecule has 0 saturated carbocycles. The summed E-state index contributed by atoms with van der Waals surface area (Å²) in [5.74, 6) is -0.263. The normalized spacial score (nSPS) is 19.1. The third-order valence-corrected chi connectivity index (χ3v) is 3.81. The molecule has 134 valence electrons. The number of ether oxygens (including phenoxy) is 3. The highest BCUT2D eigenvalue weighted by Gasteiger charge is 2.42. The van der Waals surface area contributed by atoms with E-state index in [9.17, 15) is 4.79 Å². The Balaban J connectivity index is 1.88. The third kappa shape index (κ3) is 5.15. The molecule has 2 heterocycles. The smallest absolute Gasteiger partial charge is 0.235 e. The van der Waals surface area contributed by atoms with Crippen molar-refractivity contribution in [3.8, 4) is 5.88 Å². The van der Waals surface area contributed by atoms with E-state index in [0.717, 1.165) is 6.54 Å². The van der Waals surface area contributed by atoms with Crippen molar-refractivity contribution in [2.45, 2.75) is 26.6 Å². The lowest BCUT2D eigenvalue weighted by Gasteiger charge is -2.40. The molecule has 1 aliphatic rings. The number of hydrogen-bond acceptors (Lipinski definition) is 6. The van der Waals surface area contributed by atoms with Crippen molar-refractivity contribution in [1.82, 2.24) is 9.88 Å². The predicted octanol–water partition coefficient (Wildman–Crippen LogP) is 1.75. The van der Waals surface area contributed by atoms with Crippen molar-refractivity contribution < 1.29 is 19.0 Å². The number of likely N-dealkylation sites (N-methyl/N-ethyl adjacent to an activating group) is 1. The van der Waals surface area contributed by atoms with E-state index < -0.39 is 11.2 Å². The topological polar surface area (TPSA) is 72.9 Å². The summed E-state index contributed by atoms with van der Waals surface area (Å²) in [6.07, 6.45) is 1.58. The fourth-order valence-corrected chi connectivity index (χ4v) is 2.03. The number of pyridine rings is 1. The Morgan fingerprint density at radius 2 is 1.96 bits per heavy atom. The number of anilines is 1. The van der Waals surface area contributed by atoms with Crippen LogP contribution in [0.3, 0.4) is 0 Å². The molecule has 0 unspecified atom stereocenters. The van der Waals surface area contributed by atoms with E-state index >= 15 is 0 Å². The Kier molecular flexibility index (Phi) is 5.79. The highest BCUT2D eigenvalue weighted by atomic mass is 16.7. The first-order valence-corrected chi connectivity index (χ1v) is 8.03. The molecule has 0 aromatic carbocycles. The lowest BCUT2D eigenvalue weighted by molar-refractivity contribution is -0.276. The molecule has 1 N–H and O–H groups in total. The molecule has 1 fully saturated rings. The molecule has 0 radical (unpaired) electrons.